The fourth-order valence-electron chi connectivity index (χ4n) is 1.50. The number of nitrogens with two attached hydrogens (primary N) is 1. The largest absolute Gasteiger partial charge is 0.383 e. The monoisotopic (exact) mass is 291 g/mol. The van der Waals surface area contributed by atoms with E-state index in [-0.39, 0.29) is 24.6 Å². The first-order valence-electron chi connectivity index (χ1n) is 5.82. The lowest BCUT2D eigenvalue weighted by Crippen LogP contribution is -2.35. The number of halogens is 1. The van der Waals surface area contributed by atoms with E-state index in [9.17, 15) is 12.8 Å². The summed E-state index contributed by atoms with van der Waals surface area (Å²) in [7, 11) is -2.29. The standard InChI is InChI=1S/C11H18FN3O3S/c1-18-6-5-15(4-2-3-13)19(16,17)11-7-10(12)8-14-9-11/h7-9H,2-6,13H2,1H3. The highest BCUT2D eigenvalue weighted by Gasteiger charge is 2.24. The predicted octanol–water partition coefficient (Wildman–Crippen LogP) is 0.207. The molecule has 0 spiro atoms. The van der Waals surface area contributed by atoms with Crippen molar-refractivity contribution < 1.29 is 17.5 Å². The molecule has 0 amide bonds. The van der Waals surface area contributed by atoms with Gasteiger partial charge in [-0.3, -0.25) is 4.98 Å². The van der Waals surface area contributed by atoms with Gasteiger partial charge in [0.1, 0.15) is 10.7 Å². The van der Waals surface area contributed by atoms with Gasteiger partial charge in [0.15, 0.2) is 0 Å². The van der Waals surface area contributed by atoms with Gasteiger partial charge in [0, 0.05) is 26.4 Å². The summed E-state index contributed by atoms with van der Waals surface area (Å²) in [4.78, 5) is 3.39. The minimum absolute atomic E-state index is 0.166. The second-order valence-corrected chi connectivity index (χ2v) is 5.82. The molecule has 0 atom stereocenters. The normalized spacial score (nSPS) is 12.0. The number of ether oxygens (including phenoxy) is 1. The topological polar surface area (TPSA) is 85.5 Å². The molecule has 0 saturated heterocycles. The molecular weight excluding hydrogens is 273 g/mol. The van der Waals surface area contributed by atoms with Crippen LogP contribution in [0.5, 0.6) is 0 Å². The van der Waals surface area contributed by atoms with Gasteiger partial charge in [0.25, 0.3) is 0 Å². The Kier molecular flexibility index (Phi) is 6.29. The van der Waals surface area contributed by atoms with Crippen molar-refractivity contribution in [1.82, 2.24) is 9.29 Å². The lowest BCUT2D eigenvalue weighted by molar-refractivity contribution is 0.178. The molecule has 0 fully saturated rings. The maximum Gasteiger partial charge on any atom is 0.244 e. The van der Waals surface area contributed by atoms with Gasteiger partial charge >= 0.3 is 0 Å². The molecule has 0 aromatic carbocycles. The van der Waals surface area contributed by atoms with Gasteiger partial charge in [0.2, 0.25) is 10.0 Å². The van der Waals surface area contributed by atoms with E-state index in [1.165, 1.54) is 11.4 Å². The third-order valence-corrected chi connectivity index (χ3v) is 4.34. The minimum Gasteiger partial charge on any atom is -0.383 e. The van der Waals surface area contributed by atoms with Crippen LogP contribution < -0.4 is 5.73 Å². The van der Waals surface area contributed by atoms with Crippen molar-refractivity contribution in [2.24, 2.45) is 5.73 Å². The first kappa shape index (κ1) is 16.0. The van der Waals surface area contributed by atoms with Crippen LogP contribution in [0.4, 0.5) is 4.39 Å². The average molecular weight is 291 g/mol. The van der Waals surface area contributed by atoms with E-state index in [1.807, 2.05) is 0 Å². The third kappa shape index (κ3) is 4.50. The molecule has 19 heavy (non-hydrogen) atoms. The van der Waals surface area contributed by atoms with E-state index in [2.05, 4.69) is 4.98 Å². The maximum absolute atomic E-state index is 13.1. The minimum atomic E-state index is -3.77. The summed E-state index contributed by atoms with van der Waals surface area (Å²) in [6.07, 6.45) is 2.60. The number of hydrogen-bond acceptors (Lipinski definition) is 5. The van der Waals surface area contributed by atoms with E-state index in [1.54, 1.807) is 0 Å². The summed E-state index contributed by atoms with van der Waals surface area (Å²) in [5.41, 5.74) is 5.39. The van der Waals surface area contributed by atoms with E-state index in [0.29, 0.717) is 13.0 Å². The Labute approximate surface area is 112 Å². The highest BCUT2D eigenvalue weighted by atomic mass is 32.2. The first-order chi connectivity index (χ1) is 9.02. The Balaban J connectivity index is 2.97. The number of rotatable bonds is 8. The van der Waals surface area contributed by atoms with Crippen molar-refractivity contribution in [1.29, 1.82) is 0 Å². The third-order valence-electron chi connectivity index (χ3n) is 2.47. The molecule has 2 N–H and O–H groups in total. The SMILES string of the molecule is COCCN(CCCN)S(=O)(=O)c1cncc(F)c1. The molecule has 0 unspecified atom stereocenters. The second kappa shape index (κ2) is 7.49. The molecule has 0 aliphatic heterocycles. The van der Waals surface area contributed by atoms with Crippen molar-refractivity contribution >= 4 is 10.0 Å². The van der Waals surface area contributed by atoms with Crippen molar-refractivity contribution in [3.8, 4) is 0 Å². The van der Waals surface area contributed by atoms with Crippen LogP contribution in [0, 0.1) is 5.82 Å². The van der Waals surface area contributed by atoms with Crippen molar-refractivity contribution in [3.05, 3.63) is 24.3 Å². The zero-order valence-electron chi connectivity index (χ0n) is 10.8. The van der Waals surface area contributed by atoms with Gasteiger partial charge in [-0.2, -0.15) is 4.31 Å². The van der Waals surface area contributed by atoms with Crippen LogP contribution >= 0.6 is 0 Å². The maximum atomic E-state index is 13.1. The van der Waals surface area contributed by atoms with Crippen molar-refractivity contribution in [2.75, 3.05) is 33.4 Å². The van der Waals surface area contributed by atoms with Gasteiger partial charge in [-0.25, -0.2) is 12.8 Å². The van der Waals surface area contributed by atoms with Gasteiger partial charge in [-0.05, 0) is 19.0 Å². The Bertz CT molecular complexity index is 488. The highest BCUT2D eigenvalue weighted by molar-refractivity contribution is 7.89. The Morgan fingerprint density at radius 2 is 2.16 bits per heavy atom. The molecule has 0 radical (unpaired) electrons. The van der Waals surface area contributed by atoms with E-state index in [0.717, 1.165) is 18.5 Å². The second-order valence-electron chi connectivity index (χ2n) is 3.88. The van der Waals surface area contributed by atoms with Crippen LogP contribution in [0.2, 0.25) is 0 Å². The van der Waals surface area contributed by atoms with Crippen LogP contribution in [-0.2, 0) is 14.8 Å². The lowest BCUT2D eigenvalue weighted by atomic mass is 10.4. The molecule has 0 saturated carbocycles. The molecule has 1 aromatic rings. The molecule has 108 valence electrons. The van der Waals surface area contributed by atoms with Crippen molar-refractivity contribution in [2.45, 2.75) is 11.3 Å². The summed E-state index contributed by atoms with van der Waals surface area (Å²) in [6, 6.07) is 0.949. The predicted molar refractivity (Wildman–Crippen MR) is 68.5 cm³/mol. The van der Waals surface area contributed by atoms with Crippen molar-refractivity contribution in [3.63, 3.8) is 0 Å². The molecule has 1 aromatic heterocycles. The zero-order valence-corrected chi connectivity index (χ0v) is 11.6. The number of aromatic nitrogens is 1. The number of hydrogen-bond donors (Lipinski definition) is 1. The fraction of sp³-hybridized carbons (Fsp3) is 0.545. The lowest BCUT2D eigenvalue weighted by Gasteiger charge is -2.21. The van der Waals surface area contributed by atoms with Gasteiger partial charge in [0.05, 0.1) is 12.8 Å². The zero-order chi connectivity index (χ0) is 14.3. The fourth-order valence-corrected chi connectivity index (χ4v) is 2.93. The average Bonchev–Trinajstić information content (AvgIpc) is 2.38. The molecule has 8 heteroatoms. The number of nitrogens with zero attached hydrogens (tertiary/aromatic N) is 2. The van der Waals surface area contributed by atoms with Crippen LogP contribution in [0.25, 0.3) is 0 Å². The van der Waals surface area contributed by atoms with E-state index >= 15 is 0 Å². The molecule has 0 bridgehead atoms. The van der Waals surface area contributed by atoms with Gasteiger partial charge < -0.3 is 10.5 Å². The number of pyridine rings is 1. The molecular formula is C11H18FN3O3S. The van der Waals surface area contributed by atoms with Crippen LogP contribution in [0.15, 0.2) is 23.4 Å². The Hall–Kier alpha value is -1.09. The van der Waals surface area contributed by atoms with E-state index < -0.39 is 15.8 Å². The Morgan fingerprint density at radius 3 is 2.74 bits per heavy atom. The van der Waals surface area contributed by atoms with Crippen LogP contribution in [0.3, 0.4) is 0 Å². The quantitative estimate of drug-likeness (QED) is 0.740. The smallest absolute Gasteiger partial charge is 0.244 e. The molecule has 0 aliphatic carbocycles. The summed E-state index contributed by atoms with van der Waals surface area (Å²) >= 11 is 0. The number of sulfonamides is 1. The van der Waals surface area contributed by atoms with E-state index in [4.69, 9.17) is 10.5 Å². The van der Waals surface area contributed by atoms with Gasteiger partial charge in [-0.15, -0.1) is 0 Å². The first-order valence-corrected chi connectivity index (χ1v) is 7.26. The molecule has 1 heterocycles. The molecule has 6 nitrogen and oxygen atoms in total. The highest BCUT2D eigenvalue weighted by Crippen LogP contribution is 2.15. The summed E-state index contributed by atoms with van der Waals surface area (Å²) in [5.74, 6) is -0.688. The number of methoxy groups -OCH3 is 1. The Morgan fingerprint density at radius 1 is 1.42 bits per heavy atom. The van der Waals surface area contributed by atoms with Gasteiger partial charge in [-0.1, -0.05) is 0 Å². The molecule has 0 aliphatic rings. The summed E-state index contributed by atoms with van der Waals surface area (Å²) in [6.45, 7) is 1.08. The van der Waals surface area contributed by atoms with Crippen LogP contribution in [-0.4, -0.2) is 51.1 Å². The summed E-state index contributed by atoms with van der Waals surface area (Å²) in [5, 5.41) is 0. The molecule has 1 rings (SSSR count). The summed E-state index contributed by atoms with van der Waals surface area (Å²) < 4.78 is 43.8. The van der Waals surface area contributed by atoms with Crippen LogP contribution in [0.1, 0.15) is 6.42 Å².